The second-order valence-electron chi connectivity index (χ2n) is 6.30. The van der Waals surface area contributed by atoms with Crippen molar-refractivity contribution in [2.45, 2.75) is 32.7 Å². The summed E-state index contributed by atoms with van der Waals surface area (Å²) < 4.78 is 0. The molecular formula is C20H28N2. The molecule has 0 aromatic rings. The molecule has 0 spiro atoms. The maximum absolute atomic E-state index is 4.35. The van der Waals surface area contributed by atoms with E-state index in [4.69, 9.17) is 0 Å². The lowest BCUT2D eigenvalue weighted by atomic mass is 9.79. The molecule has 0 radical (unpaired) electrons. The average Bonchev–Trinajstić information content (AvgIpc) is 3.24. The Morgan fingerprint density at radius 3 is 2.73 bits per heavy atom. The molecule has 1 fully saturated rings. The van der Waals surface area contributed by atoms with Gasteiger partial charge in [-0.3, -0.25) is 4.99 Å². The van der Waals surface area contributed by atoms with E-state index < -0.39 is 0 Å². The van der Waals surface area contributed by atoms with Crippen LogP contribution in [0.1, 0.15) is 28.6 Å². The third-order valence-corrected chi connectivity index (χ3v) is 4.71. The Labute approximate surface area is 135 Å². The lowest BCUT2D eigenvalue weighted by Crippen LogP contribution is -2.34. The Morgan fingerprint density at radius 2 is 2.18 bits per heavy atom. The van der Waals surface area contributed by atoms with E-state index in [-0.39, 0.29) is 12.4 Å². The van der Waals surface area contributed by atoms with Crippen LogP contribution in [0.5, 0.6) is 0 Å². The number of nitrogens with one attached hydrogen (secondary N) is 1. The van der Waals surface area contributed by atoms with Crippen LogP contribution in [0.2, 0.25) is 0 Å². The smallest absolute Gasteiger partial charge is 0.0630 e. The normalized spacial score (nSPS) is 27.1. The minimum Gasteiger partial charge on any atom is -0.375 e. The van der Waals surface area contributed by atoms with E-state index in [0.717, 1.165) is 17.8 Å². The zero-order chi connectivity index (χ0) is 16.4. The Bertz CT molecular complexity index is 614. The average molecular weight is 296 g/mol. The van der Waals surface area contributed by atoms with Crippen molar-refractivity contribution >= 4 is 5.71 Å². The highest BCUT2D eigenvalue weighted by Crippen LogP contribution is 2.51. The van der Waals surface area contributed by atoms with Crippen LogP contribution in [0.25, 0.3) is 0 Å². The molecule has 2 unspecified atom stereocenters. The minimum absolute atomic E-state index is 0. The Hall–Kier alpha value is -2.09. The van der Waals surface area contributed by atoms with Crippen molar-refractivity contribution < 1.29 is 1.43 Å². The third-order valence-electron chi connectivity index (χ3n) is 4.71. The van der Waals surface area contributed by atoms with Gasteiger partial charge in [0.1, 0.15) is 0 Å². The van der Waals surface area contributed by atoms with Gasteiger partial charge in [-0.2, -0.15) is 0 Å². The van der Waals surface area contributed by atoms with E-state index in [1.807, 2.05) is 32.1 Å². The van der Waals surface area contributed by atoms with Crippen LogP contribution in [0.4, 0.5) is 0 Å². The summed E-state index contributed by atoms with van der Waals surface area (Å²) in [4.78, 5) is 4.35. The van der Waals surface area contributed by atoms with Crippen molar-refractivity contribution in [1.82, 2.24) is 5.32 Å². The van der Waals surface area contributed by atoms with Crippen LogP contribution in [0.15, 0.2) is 78.7 Å². The van der Waals surface area contributed by atoms with Gasteiger partial charge >= 0.3 is 0 Å². The molecule has 0 bridgehead atoms. The third kappa shape index (κ3) is 2.92. The number of hydrogen-bond acceptors (Lipinski definition) is 2. The summed E-state index contributed by atoms with van der Waals surface area (Å²) in [5.41, 5.74) is 2.92. The highest BCUT2D eigenvalue weighted by atomic mass is 15.1. The van der Waals surface area contributed by atoms with Crippen LogP contribution in [0, 0.1) is 11.3 Å². The topological polar surface area (TPSA) is 24.4 Å². The van der Waals surface area contributed by atoms with E-state index >= 15 is 0 Å². The van der Waals surface area contributed by atoms with Crippen LogP contribution in [0.3, 0.4) is 0 Å². The maximum atomic E-state index is 4.35. The Balaban J connectivity index is 0.00000264. The Morgan fingerprint density at radius 1 is 1.50 bits per heavy atom. The van der Waals surface area contributed by atoms with E-state index in [0.29, 0.717) is 5.92 Å². The molecule has 2 aliphatic rings. The molecule has 1 saturated carbocycles. The summed E-state index contributed by atoms with van der Waals surface area (Å²) in [6.45, 7) is 18.1. The largest absolute Gasteiger partial charge is 0.375 e. The second kappa shape index (κ2) is 5.96. The van der Waals surface area contributed by atoms with Crippen molar-refractivity contribution in [3.05, 3.63) is 73.7 Å². The van der Waals surface area contributed by atoms with Crippen molar-refractivity contribution in [2.24, 2.45) is 16.3 Å². The molecule has 22 heavy (non-hydrogen) atoms. The number of fused-ring (bicyclic) bond motifs is 1. The highest BCUT2D eigenvalue weighted by Gasteiger charge is 2.53. The molecule has 0 heterocycles. The lowest BCUT2D eigenvalue weighted by Gasteiger charge is -2.27. The van der Waals surface area contributed by atoms with Gasteiger partial charge < -0.3 is 5.32 Å². The van der Waals surface area contributed by atoms with E-state index in [2.05, 4.69) is 55.2 Å². The molecular weight excluding hydrogens is 268 g/mol. The number of nitrogens with zero attached hydrogens (tertiary/aromatic N) is 1. The summed E-state index contributed by atoms with van der Waals surface area (Å²) in [5, 5.41) is 3.54. The molecule has 2 nitrogen and oxygen atoms in total. The van der Waals surface area contributed by atoms with Gasteiger partial charge in [0.2, 0.25) is 0 Å². The quantitative estimate of drug-likeness (QED) is 0.521. The zero-order valence-electron chi connectivity index (χ0n) is 13.9. The van der Waals surface area contributed by atoms with Gasteiger partial charge in [0, 0.05) is 24.7 Å². The lowest BCUT2D eigenvalue weighted by molar-refractivity contribution is 0.622. The van der Waals surface area contributed by atoms with E-state index in [1.54, 1.807) is 6.20 Å². The van der Waals surface area contributed by atoms with Gasteiger partial charge in [-0.25, -0.2) is 0 Å². The first-order valence-electron chi connectivity index (χ1n) is 7.72. The van der Waals surface area contributed by atoms with Crippen LogP contribution in [-0.2, 0) is 0 Å². The van der Waals surface area contributed by atoms with Crippen LogP contribution < -0.4 is 5.32 Å². The number of rotatable bonds is 7. The molecule has 2 rings (SSSR count). The summed E-state index contributed by atoms with van der Waals surface area (Å²) >= 11 is 0. The number of hydrogen-bond donors (Lipinski definition) is 1. The standard InChI is InChI=1S/C20H26N2.H2/c1-7-12-21-15(4)16(5)22-20-11-10-17(13-18(20)14-20)19(6,8-2)9-3;/h7-13,18,22H,2-3,5,14H2,1,4,6H3;1H/b12-7-,21-15?;. The summed E-state index contributed by atoms with van der Waals surface area (Å²) in [5.74, 6) is 0.498. The second-order valence-corrected chi connectivity index (χ2v) is 6.30. The predicted molar refractivity (Wildman–Crippen MR) is 98.9 cm³/mol. The predicted octanol–water partition coefficient (Wildman–Crippen LogP) is 4.96. The molecule has 2 aliphatic carbocycles. The Kier molecular flexibility index (Phi) is 4.41. The molecule has 1 N–H and O–H groups in total. The first-order chi connectivity index (χ1) is 10.4. The molecule has 0 aliphatic heterocycles. The monoisotopic (exact) mass is 296 g/mol. The van der Waals surface area contributed by atoms with Crippen molar-refractivity contribution in [3.8, 4) is 0 Å². The van der Waals surface area contributed by atoms with E-state index in [1.165, 1.54) is 5.57 Å². The van der Waals surface area contributed by atoms with Gasteiger partial charge in [-0.05, 0) is 32.8 Å². The fraction of sp³-hybridized carbons (Fsp3) is 0.350. The fourth-order valence-electron chi connectivity index (χ4n) is 2.71. The van der Waals surface area contributed by atoms with Crippen LogP contribution in [-0.4, -0.2) is 11.3 Å². The van der Waals surface area contributed by atoms with Gasteiger partial charge in [0.25, 0.3) is 0 Å². The number of aliphatic imine (C=N–C) groups is 1. The summed E-state index contributed by atoms with van der Waals surface area (Å²) in [6, 6.07) is 0. The fourth-order valence-corrected chi connectivity index (χ4v) is 2.71. The van der Waals surface area contributed by atoms with Crippen molar-refractivity contribution in [1.29, 1.82) is 0 Å². The summed E-state index contributed by atoms with van der Waals surface area (Å²) in [6.07, 6.45) is 15.5. The first-order valence-corrected chi connectivity index (χ1v) is 7.72. The zero-order valence-corrected chi connectivity index (χ0v) is 13.9. The van der Waals surface area contributed by atoms with E-state index in [9.17, 15) is 0 Å². The summed E-state index contributed by atoms with van der Waals surface area (Å²) in [7, 11) is 0. The minimum atomic E-state index is -0.161. The van der Waals surface area contributed by atoms with Gasteiger partial charge in [-0.1, -0.05) is 43.0 Å². The molecule has 118 valence electrons. The van der Waals surface area contributed by atoms with Gasteiger partial charge in [0.15, 0.2) is 0 Å². The van der Waals surface area contributed by atoms with Crippen molar-refractivity contribution in [2.75, 3.05) is 0 Å². The molecule has 0 aromatic heterocycles. The first kappa shape index (κ1) is 16.3. The molecule has 2 heteroatoms. The molecule has 0 aromatic carbocycles. The SMILES string of the molecule is C=CC(C)(C=C)C1=CC2CC2(NC(=C)C(C)=N/C=C\C)C=C1.[HH]. The van der Waals surface area contributed by atoms with Gasteiger partial charge in [0.05, 0.1) is 11.3 Å². The van der Waals surface area contributed by atoms with Gasteiger partial charge in [-0.15, -0.1) is 13.2 Å². The van der Waals surface area contributed by atoms with Crippen LogP contribution >= 0.6 is 0 Å². The maximum Gasteiger partial charge on any atom is 0.0630 e. The number of allylic oxidation sites excluding steroid dienone is 6. The highest BCUT2D eigenvalue weighted by molar-refractivity contribution is 5.97. The molecule has 2 atom stereocenters. The van der Waals surface area contributed by atoms with Crippen molar-refractivity contribution in [3.63, 3.8) is 0 Å². The molecule has 0 saturated heterocycles. The molecule has 0 amide bonds.